The summed E-state index contributed by atoms with van der Waals surface area (Å²) in [6, 6.07) is 3.66. The highest BCUT2D eigenvalue weighted by molar-refractivity contribution is 5.92. The normalized spacial score (nSPS) is 10.5. The van der Waals surface area contributed by atoms with Gasteiger partial charge in [-0.2, -0.15) is 0 Å². The Labute approximate surface area is 171 Å². The highest BCUT2D eigenvalue weighted by Gasteiger charge is 2.06. The van der Waals surface area contributed by atoms with E-state index in [0.717, 1.165) is 6.54 Å². The maximum absolute atomic E-state index is 11.2. The Morgan fingerprint density at radius 3 is 1.77 bits per heavy atom. The average Bonchev–Trinajstić information content (AvgIpc) is 2.62. The van der Waals surface area contributed by atoms with Crippen molar-refractivity contribution in [2.24, 2.45) is 5.73 Å². The lowest BCUT2D eigenvalue weighted by Crippen LogP contribution is -3.00. The molecule has 1 heterocycles. The molecule has 0 aliphatic rings. The number of aryl methyl sites for hydroxylation is 1. The van der Waals surface area contributed by atoms with Crippen molar-refractivity contribution in [1.29, 1.82) is 0 Å². The smallest absolute Gasteiger partial charge is 0.254 e. The number of carbonyl (C=O) groups excluding carboxylic acids is 1. The van der Waals surface area contributed by atoms with Crippen molar-refractivity contribution >= 4 is 5.91 Å². The Bertz CT molecular complexity index is 465. The summed E-state index contributed by atoms with van der Waals surface area (Å²) in [5.74, 6) is -0.352. The second kappa shape index (κ2) is 17.5. The molecule has 0 radical (unpaired) electrons. The third-order valence-corrected chi connectivity index (χ3v) is 4.91. The van der Waals surface area contributed by atoms with Gasteiger partial charge in [0.15, 0.2) is 12.4 Å². The van der Waals surface area contributed by atoms with E-state index in [1.165, 1.54) is 89.9 Å². The van der Waals surface area contributed by atoms with Crippen LogP contribution in [0.5, 0.6) is 0 Å². The molecule has 0 aromatic carbocycles. The second-order valence-electron chi connectivity index (χ2n) is 7.29. The van der Waals surface area contributed by atoms with Crippen LogP contribution in [0.1, 0.15) is 107 Å². The Hall–Kier alpha value is -0.900. The van der Waals surface area contributed by atoms with E-state index in [1.807, 2.05) is 18.5 Å². The summed E-state index contributed by atoms with van der Waals surface area (Å²) in [7, 11) is 0. The summed E-state index contributed by atoms with van der Waals surface area (Å²) in [5, 5.41) is 0. The van der Waals surface area contributed by atoms with E-state index >= 15 is 0 Å². The van der Waals surface area contributed by atoms with Crippen LogP contribution in [-0.2, 0) is 6.54 Å². The van der Waals surface area contributed by atoms with Crippen molar-refractivity contribution in [1.82, 2.24) is 0 Å². The van der Waals surface area contributed by atoms with Crippen molar-refractivity contribution < 1.29 is 26.3 Å². The van der Waals surface area contributed by atoms with Gasteiger partial charge in [0, 0.05) is 12.5 Å². The van der Waals surface area contributed by atoms with Crippen molar-refractivity contribution in [3.8, 4) is 0 Å². The summed E-state index contributed by atoms with van der Waals surface area (Å²) in [6.45, 7) is 3.25. The number of primary amides is 1. The number of rotatable bonds is 16. The SMILES string of the molecule is CCCCCCCCCCCCCCCC[n+]1cccc(C(N)=O)c1.[Br-]. The van der Waals surface area contributed by atoms with Crippen LogP contribution >= 0.6 is 0 Å². The number of carbonyl (C=O) groups is 1. The second-order valence-corrected chi connectivity index (χ2v) is 7.29. The summed E-state index contributed by atoms with van der Waals surface area (Å²) in [5.41, 5.74) is 5.90. The Kier molecular flexibility index (Phi) is 16.9. The van der Waals surface area contributed by atoms with Crippen LogP contribution in [0.2, 0.25) is 0 Å². The summed E-state index contributed by atoms with van der Waals surface area (Å²) >= 11 is 0. The van der Waals surface area contributed by atoms with Gasteiger partial charge in [-0.1, -0.05) is 84.0 Å². The molecule has 0 saturated carbocycles. The fraction of sp³-hybridized carbons (Fsp3) is 0.727. The van der Waals surface area contributed by atoms with Crippen LogP contribution < -0.4 is 27.3 Å². The molecule has 0 aliphatic heterocycles. The van der Waals surface area contributed by atoms with Gasteiger partial charge in [0.25, 0.3) is 5.91 Å². The largest absolute Gasteiger partial charge is 1.00 e. The molecular formula is C22H39BrN2O. The first-order valence-electron chi connectivity index (χ1n) is 10.5. The molecule has 0 atom stereocenters. The molecule has 1 aromatic heterocycles. The number of hydrogen-bond donors (Lipinski definition) is 1. The number of pyridine rings is 1. The fourth-order valence-electron chi connectivity index (χ4n) is 3.30. The molecule has 0 bridgehead atoms. The van der Waals surface area contributed by atoms with Gasteiger partial charge in [0.1, 0.15) is 12.1 Å². The number of halogens is 1. The topological polar surface area (TPSA) is 47.0 Å². The first-order valence-corrected chi connectivity index (χ1v) is 10.5. The monoisotopic (exact) mass is 426 g/mol. The maximum Gasteiger partial charge on any atom is 0.254 e. The first-order chi connectivity index (χ1) is 12.2. The van der Waals surface area contributed by atoms with E-state index in [0.29, 0.717) is 5.56 Å². The minimum atomic E-state index is -0.352. The molecule has 150 valence electrons. The standard InChI is InChI=1S/C22H38N2O.BrH/c1-2-3-4-5-6-7-8-9-10-11-12-13-14-15-18-24-19-16-17-21(20-24)22(23)25;/h16-17,19-20H,2-15,18H2,1H3,(H-,23,25);1H. The van der Waals surface area contributed by atoms with E-state index in [2.05, 4.69) is 11.5 Å². The summed E-state index contributed by atoms with van der Waals surface area (Å²) in [6.07, 6.45) is 23.1. The Morgan fingerprint density at radius 2 is 1.31 bits per heavy atom. The van der Waals surface area contributed by atoms with E-state index < -0.39 is 0 Å². The van der Waals surface area contributed by atoms with E-state index in [9.17, 15) is 4.79 Å². The summed E-state index contributed by atoms with van der Waals surface area (Å²) in [4.78, 5) is 11.2. The summed E-state index contributed by atoms with van der Waals surface area (Å²) < 4.78 is 2.07. The molecule has 3 nitrogen and oxygen atoms in total. The van der Waals surface area contributed by atoms with Gasteiger partial charge >= 0.3 is 0 Å². The molecule has 1 aromatic rings. The molecule has 4 heteroatoms. The fourth-order valence-corrected chi connectivity index (χ4v) is 3.30. The van der Waals surface area contributed by atoms with Crippen LogP contribution in [0.15, 0.2) is 24.5 Å². The molecular weight excluding hydrogens is 388 g/mol. The van der Waals surface area contributed by atoms with Crippen LogP contribution in [0.3, 0.4) is 0 Å². The van der Waals surface area contributed by atoms with Gasteiger partial charge in [-0.15, -0.1) is 0 Å². The van der Waals surface area contributed by atoms with Crippen molar-refractivity contribution in [2.75, 3.05) is 0 Å². The number of nitrogens with zero attached hydrogens (tertiary/aromatic N) is 1. The predicted molar refractivity (Wildman–Crippen MR) is 105 cm³/mol. The lowest BCUT2D eigenvalue weighted by atomic mass is 10.0. The third kappa shape index (κ3) is 13.3. The van der Waals surface area contributed by atoms with Crippen LogP contribution in [-0.4, -0.2) is 5.91 Å². The van der Waals surface area contributed by atoms with Gasteiger partial charge in [0.05, 0.1) is 0 Å². The highest BCUT2D eigenvalue weighted by Crippen LogP contribution is 2.12. The number of hydrogen-bond acceptors (Lipinski definition) is 1. The molecule has 0 saturated heterocycles. The minimum Gasteiger partial charge on any atom is -1.00 e. The van der Waals surface area contributed by atoms with Crippen LogP contribution in [0, 0.1) is 0 Å². The molecule has 26 heavy (non-hydrogen) atoms. The third-order valence-electron chi connectivity index (χ3n) is 4.91. The number of nitrogens with two attached hydrogens (primary N) is 1. The van der Waals surface area contributed by atoms with Gasteiger partial charge in [0.2, 0.25) is 0 Å². The molecule has 1 rings (SSSR count). The van der Waals surface area contributed by atoms with Crippen molar-refractivity contribution in [3.05, 3.63) is 30.1 Å². The van der Waals surface area contributed by atoms with Gasteiger partial charge in [-0.05, 0) is 12.5 Å². The number of unbranched alkanes of at least 4 members (excludes halogenated alkanes) is 13. The van der Waals surface area contributed by atoms with Gasteiger partial charge < -0.3 is 22.7 Å². The lowest BCUT2D eigenvalue weighted by molar-refractivity contribution is -0.697. The quantitative estimate of drug-likeness (QED) is 0.320. The van der Waals surface area contributed by atoms with E-state index in [-0.39, 0.29) is 22.9 Å². The number of aromatic nitrogens is 1. The average molecular weight is 427 g/mol. The molecule has 0 fully saturated rings. The van der Waals surface area contributed by atoms with Crippen molar-refractivity contribution in [3.63, 3.8) is 0 Å². The first kappa shape index (κ1) is 25.1. The molecule has 0 unspecified atom stereocenters. The molecule has 2 N–H and O–H groups in total. The predicted octanol–water partition coefficient (Wildman–Crippen LogP) is 2.56. The van der Waals surface area contributed by atoms with Gasteiger partial charge in [-0.3, -0.25) is 4.79 Å². The van der Waals surface area contributed by atoms with E-state index in [1.54, 1.807) is 6.07 Å². The molecule has 1 amide bonds. The minimum absolute atomic E-state index is 0. The van der Waals surface area contributed by atoms with Crippen molar-refractivity contribution in [2.45, 2.75) is 103 Å². The Morgan fingerprint density at radius 1 is 0.846 bits per heavy atom. The zero-order valence-corrected chi connectivity index (χ0v) is 18.3. The van der Waals surface area contributed by atoms with E-state index in [4.69, 9.17) is 5.73 Å². The van der Waals surface area contributed by atoms with Gasteiger partial charge in [-0.25, -0.2) is 4.57 Å². The number of amides is 1. The molecule has 0 aliphatic carbocycles. The Balaban J connectivity index is 0.00000625. The highest BCUT2D eigenvalue weighted by atomic mass is 79.9. The van der Waals surface area contributed by atoms with Crippen LogP contribution in [0.4, 0.5) is 0 Å². The molecule has 0 spiro atoms. The lowest BCUT2D eigenvalue weighted by Gasteiger charge is -2.03. The maximum atomic E-state index is 11.2. The zero-order chi connectivity index (χ0) is 18.2. The van der Waals surface area contributed by atoms with Crippen LogP contribution in [0.25, 0.3) is 0 Å². The zero-order valence-electron chi connectivity index (χ0n) is 16.7.